The normalized spacial score (nSPS) is 8.39. The van der Waals surface area contributed by atoms with Crippen LogP contribution in [0.3, 0.4) is 0 Å². The van der Waals surface area contributed by atoms with E-state index in [9.17, 15) is 9.59 Å². The molecule has 0 bridgehead atoms. The van der Waals surface area contributed by atoms with Crippen LogP contribution in [0.4, 0.5) is 4.79 Å². The number of nitrogens with zero attached hydrogens (tertiary/aromatic N) is 5. The molecule has 0 fully saturated rings. The molecule has 656 valence electrons. The lowest BCUT2D eigenvalue weighted by Gasteiger charge is -2.19. The molecule has 0 saturated carbocycles. The maximum Gasteiger partial charge on any atom is 0.409 e. The molecule has 0 rings (SSSR count). The predicted octanol–water partition coefficient (Wildman–Crippen LogP) is 25.4. The number of aliphatic hydroxyl groups is 2. The van der Waals surface area contributed by atoms with Gasteiger partial charge in [-0.3, -0.25) is 4.79 Å². The zero-order chi connectivity index (χ0) is 86.4. The van der Waals surface area contributed by atoms with Crippen LogP contribution in [0.5, 0.6) is 0 Å². The summed E-state index contributed by atoms with van der Waals surface area (Å²) in [7, 11) is 9.92. The Bertz CT molecular complexity index is 944. The molecule has 0 atom stereocenters. The Balaban J connectivity index is -0.0000000372. The Hall–Kier alpha value is -1.31. The minimum absolute atomic E-state index is 0.198. The summed E-state index contributed by atoms with van der Waals surface area (Å²) in [5, 5.41) is 23.6. The summed E-state index contributed by atoms with van der Waals surface area (Å²) in [6.45, 7) is 96.6. The molecule has 0 radical (unpaired) electrons. The third-order valence-corrected chi connectivity index (χ3v) is 10.7. The number of methoxy groups -OCH3 is 4. The standard InChI is InChI=1S/C9H21NO.C8H17NO2.C8H17NO.C8H19NO.C8H19N.C7H16.C6H15N.C4H11N.C4H10O2.C3H8.C2H6O.C2H6S.9C2H6/c1-3-6-10(7-4-2)8-5-9-11;1-4-6-9(7-5-2)8(10)11-3;1-4-6-9(7-5-2)8(3)10;1-3-5-9(6-4-2)7-8-10;1-4-7-9(6-3)8-5-2;2*1-3-5-7-6-4-2;1-4(2)5-3;1-5-3-4-6-2;3*1-3-2;9*1-2/h11H,3-9H2,1-2H3;4-7H2,1-3H3;4-7H2,1-3H3;10H,3-8H2,1-2H3;4-8H2,1-3H3;3-7H2,1-2H3;7H,3-6H2,1-2H3;4-5H,1-3H3;3-4H2,1-2H3;3H2,1-2H3;2*1-2H3;9*1-2H3. The highest BCUT2D eigenvalue weighted by Gasteiger charge is 2.10. The molecular weight excluding hydrogens is 1300 g/mol. The van der Waals surface area contributed by atoms with Crippen LogP contribution in [0, 0.1) is 0 Å². The predicted molar refractivity (Wildman–Crippen MR) is 489 cm³/mol. The van der Waals surface area contributed by atoms with Crippen molar-refractivity contribution in [3.8, 4) is 0 Å². The van der Waals surface area contributed by atoms with Crippen molar-refractivity contribution in [1.29, 1.82) is 0 Å². The SMILES string of the molecule is CC.CC.CC.CC.CC.CC.CC.CC.CC.CCC.CCCCCCC.CCCN(CC)CCC.CCCN(CCC)C(=O)OC.CCCN(CCC)C(C)=O.CCCN(CCC)CCCO.CCCN(CCC)CCO.CCCNCCC.CNC(C)C.COC.COCCOC.CSC. The number of amides is 2. The van der Waals surface area contributed by atoms with Gasteiger partial charge >= 0.3 is 6.09 Å². The van der Waals surface area contributed by atoms with E-state index in [1.54, 1.807) is 52.0 Å². The quantitative estimate of drug-likeness (QED) is 0.0434. The van der Waals surface area contributed by atoms with Gasteiger partial charge in [0.2, 0.25) is 5.91 Å². The van der Waals surface area contributed by atoms with E-state index >= 15 is 0 Å². The van der Waals surface area contributed by atoms with Crippen molar-refractivity contribution in [1.82, 2.24) is 35.1 Å². The van der Waals surface area contributed by atoms with Crippen LogP contribution in [0.1, 0.15) is 385 Å². The molecule has 0 aliphatic heterocycles. The molecule has 0 saturated heterocycles. The van der Waals surface area contributed by atoms with E-state index in [1.807, 2.05) is 163 Å². The van der Waals surface area contributed by atoms with Crippen LogP contribution < -0.4 is 10.6 Å². The average molecular weight is 1520 g/mol. The molecule has 0 aliphatic rings. The highest BCUT2D eigenvalue weighted by molar-refractivity contribution is 7.97. The van der Waals surface area contributed by atoms with Crippen molar-refractivity contribution in [3.05, 3.63) is 0 Å². The van der Waals surface area contributed by atoms with Crippen LogP contribution in [0.25, 0.3) is 0 Å². The number of hydrogen-bond acceptors (Lipinski definition) is 14. The molecular formula is C87H219N7O8S. The summed E-state index contributed by atoms with van der Waals surface area (Å²) in [6, 6.07) is 0.634. The molecule has 4 N–H and O–H groups in total. The first kappa shape index (κ1) is 158. The van der Waals surface area contributed by atoms with Gasteiger partial charge in [0.05, 0.1) is 26.9 Å². The Kier molecular flexibility index (Phi) is 336. The van der Waals surface area contributed by atoms with Crippen LogP contribution in [0.15, 0.2) is 0 Å². The molecule has 0 aromatic carbocycles. The smallest absolute Gasteiger partial charge is 0.409 e. The number of ether oxygens (including phenoxy) is 4. The second kappa shape index (κ2) is 218. The summed E-state index contributed by atoms with van der Waals surface area (Å²) >= 11 is 1.75. The number of rotatable bonds is 38. The van der Waals surface area contributed by atoms with E-state index < -0.39 is 0 Å². The maximum atomic E-state index is 11.0. The van der Waals surface area contributed by atoms with Gasteiger partial charge in [-0.15, -0.1) is 0 Å². The Morgan fingerprint density at radius 3 is 0.786 bits per heavy atom. The highest BCUT2D eigenvalue weighted by atomic mass is 32.2. The number of unbranched alkanes of at least 4 members (excludes halogenated alkanes) is 4. The van der Waals surface area contributed by atoms with Crippen LogP contribution in [-0.2, 0) is 23.7 Å². The Morgan fingerprint density at radius 2 is 0.612 bits per heavy atom. The van der Waals surface area contributed by atoms with Crippen molar-refractivity contribution in [2.24, 2.45) is 0 Å². The number of carbonyl (C=O) groups excluding carboxylic acids is 2. The fourth-order valence-corrected chi connectivity index (χ4v) is 6.68. The van der Waals surface area contributed by atoms with Gasteiger partial charge in [-0.05, 0) is 162 Å². The number of nitrogens with one attached hydrogen (secondary N) is 2. The van der Waals surface area contributed by atoms with Crippen LogP contribution >= 0.6 is 11.8 Å². The van der Waals surface area contributed by atoms with Gasteiger partial charge in [0.1, 0.15) is 0 Å². The van der Waals surface area contributed by atoms with Gasteiger partial charge in [-0.25, -0.2) is 4.79 Å². The summed E-state index contributed by atoms with van der Waals surface area (Å²) in [6.07, 6.45) is 27.0. The number of carbonyl (C=O) groups is 2. The average Bonchev–Trinajstić information content (AvgIpc) is 1.25. The van der Waals surface area contributed by atoms with E-state index in [-0.39, 0.29) is 12.0 Å². The highest BCUT2D eigenvalue weighted by Crippen LogP contribution is 2.01. The number of aliphatic hydroxyl groups excluding tert-OH is 2. The summed E-state index contributed by atoms with van der Waals surface area (Å²) in [5.74, 6) is 0.198. The fourth-order valence-electron chi connectivity index (χ4n) is 6.68. The first-order chi connectivity index (χ1) is 49.8. The molecule has 15 nitrogen and oxygen atoms in total. The lowest BCUT2D eigenvalue weighted by molar-refractivity contribution is -0.128. The van der Waals surface area contributed by atoms with E-state index in [0.717, 1.165) is 84.5 Å². The fraction of sp³-hybridized carbons (Fsp3) is 0.977. The molecule has 0 aromatic rings. The Morgan fingerprint density at radius 1 is 0.369 bits per heavy atom. The molecule has 0 heterocycles. The molecule has 0 aliphatic carbocycles. The van der Waals surface area contributed by atoms with Gasteiger partial charge in [-0.1, -0.05) is 295 Å². The molecule has 0 unspecified atom stereocenters. The minimum atomic E-state index is -0.214. The van der Waals surface area contributed by atoms with Gasteiger partial charge in [0.15, 0.2) is 0 Å². The van der Waals surface area contributed by atoms with E-state index in [4.69, 9.17) is 10.2 Å². The van der Waals surface area contributed by atoms with Crippen molar-refractivity contribution in [2.75, 3.05) is 180 Å². The second-order valence-electron chi connectivity index (χ2n) is 20.6. The third kappa shape index (κ3) is 266. The molecule has 0 aromatic heterocycles. The monoisotopic (exact) mass is 1520 g/mol. The lowest BCUT2D eigenvalue weighted by atomic mass is 10.2. The van der Waals surface area contributed by atoms with Gasteiger partial charge < -0.3 is 64.3 Å². The van der Waals surface area contributed by atoms with Crippen molar-refractivity contribution in [2.45, 2.75) is 391 Å². The number of thioether (sulfide) groups is 1. The van der Waals surface area contributed by atoms with E-state index in [1.165, 1.54) is 143 Å². The molecule has 2 amide bonds. The van der Waals surface area contributed by atoms with Crippen molar-refractivity contribution >= 4 is 23.8 Å². The minimum Gasteiger partial charge on any atom is -0.453 e. The summed E-state index contributed by atoms with van der Waals surface area (Å²) in [5.41, 5.74) is 0. The van der Waals surface area contributed by atoms with Gasteiger partial charge in [0, 0.05) is 87.3 Å². The second-order valence-corrected chi connectivity index (χ2v) is 21.5. The molecule has 0 spiro atoms. The first-order valence-corrected chi connectivity index (χ1v) is 45.0. The Labute approximate surface area is 665 Å². The summed E-state index contributed by atoms with van der Waals surface area (Å²) in [4.78, 5) is 32.6. The first-order valence-electron chi connectivity index (χ1n) is 43.4. The number of hydrogen-bond donors (Lipinski definition) is 4. The summed E-state index contributed by atoms with van der Waals surface area (Å²) < 4.78 is 18.2. The van der Waals surface area contributed by atoms with Crippen molar-refractivity contribution in [3.63, 3.8) is 0 Å². The third-order valence-electron chi connectivity index (χ3n) is 10.7. The largest absolute Gasteiger partial charge is 0.453 e. The topological polar surface area (TPSA) is 152 Å². The lowest BCUT2D eigenvalue weighted by Crippen LogP contribution is -2.32. The maximum absolute atomic E-state index is 11.0. The zero-order valence-electron chi connectivity index (χ0n) is 81.4. The van der Waals surface area contributed by atoms with E-state index in [2.05, 4.69) is 162 Å². The van der Waals surface area contributed by atoms with Gasteiger partial charge in [0.25, 0.3) is 0 Å². The van der Waals surface area contributed by atoms with E-state index in [0.29, 0.717) is 32.5 Å². The molecule has 103 heavy (non-hydrogen) atoms. The molecule has 16 heteroatoms. The van der Waals surface area contributed by atoms with Crippen LogP contribution in [-0.4, -0.2) is 232 Å². The van der Waals surface area contributed by atoms with Crippen LogP contribution in [0.2, 0.25) is 0 Å². The van der Waals surface area contributed by atoms with Gasteiger partial charge in [-0.2, -0.15) is 11.8 Å². The zero-order valence-corrected chi connectivity index (χ0v) is 82.3. The van der Waals surface area contributed by atoms with Crippen molar-refractivity contribution < 1.29 is 38.7 Å².